The van der Waals surface area contributed by atoms with E-state index in [-0.39, 0.29) is 35.7 Å². The molecule has 0 spiro atoms. The maximum absolute atomic E-state index is 6.02. The van der Waals surface area contributed by atoms with Crippen LogP contribution in [-0.2, 0) is 22.6 Å². The predicted molar refractivity (Wildman–Crippen MR) is 98.8 cm³/mol. The summed E-state index contributed by atoms with van der Waals surface area (Å²) in [4.78, 5) is 6.40. The topological polar surface area (TPSA) is 86.1 Å². The van der Waals surface area contributed by atoms with Crippen molar-refractivity contribution in [1.29, 1.82) is 0 Å². The van der Waals surface area contributed by atoms with E-state index < -0.39 is 0 Å². The molecule has 132 valence electrons. The molecular formula is C15H27IN4O3. The van der Waals surface area contributed by atoms with E-state index in [9.17, 15) is 0 Å². The van der Waals surface area contributed by atoms with Gasteiger partial charge in [0.15, 0.2) is 11.7 Å². The largest absolute Gasteiger partial charge is 0.375 e. The Balaban J connectivity index is 0.00000264. The fourth-order valence-corrected chi connectivity index (χ4v) is 2.07. The smallest absolute Gasteiger partial charge is 0.191 e. The first kappa shape index (κ1) is 20.2. The highest BCUT2D eigenvalue weighted by atomic mass is 127. The number of ether oxygens (including phenoxy) is 2. The fourth-order valence-electron chi connectivity index (χ4n) is 2.07. The Morgan fingerprint density at radius 1 is 1.52 bits per heavy atom. The second kappa shape index (κ2) is 8.84. The highest BCUT2D eigenvalue weighted by molar-refractivity contribution is 14.0. The lowest BCUT2D eigenvalue weighted by Crippen LogP contribution is -2.47. The summed E-state index contributed by atoms with van der Waals surface area (Å²) in [5.41, 5.74) is 6.56. The third-order valence-electron chi connectivity index (χ3n) is 3.22. The number of aliphatic imine (C=N–C) groups is 1. The van der Waals surface area contributed by atoms with Crippen molar-refractivity contribution < 1.29 is 14.0 Å². The third kappa shape index (κ3) is 7.05. The van der Waals surface area contributed by atoms with Gasteiger partial charge in [0.25, 0.3) is 0 Å². The van der Waals surface area contributed by atoms with E-state index >= 15 is 0 Å². The van der Waals surface area contributed by atoms with Gasteiger partial charge in [-0.15, -0.1) is 24.0 Å². The molecule has 0 amide bonds. The van der Waals surface area contributed by atoms with Gasteiger partial charge in [0, 0.05) is 19.2 Å². The molecular weight excluding hydrogens is 411 g/mol. The number of nitrogens with two attached hydrogens (primary N) is 1. The summed E-state index contributed by atoms with van der Waals surface area (Å²) in [5.74, 6) is 1.21. The molecule has 1 atom stereocenters. The molecule has 1 aliphatic heterocycles. The van der Waals surface area contributed by atoms with Crippen LogP contribution in [0, 0.1) is 0 Å². The summed E-state index contributed by atoms with van der Waals surface area (Å²) in [6.45, 7) is 11.0. The van der Waals surface area contributed by atoms with Gasteiger partial charge >= 0.3 is 0 Å². The van der Waals surface area contributed by atoms with Gasteiger partial charge in [0.05, 0.1) is 24.9 Å². The fraction of sp³-hybridized carbons (Fsp3) is 0.733. The molecule has 0 aliphatic carbocycles. The van der Waals surface area contributed by atoms with Gasteiger partial charge in [-0.05, 0) is 27.7 Å². The average molecular weight is 438 g/mol. The van der Waals surface area contributed by atoms with E-state index in [1.807, 2.05) is 38.7 Å². The molecule has 1 aromatic heterocycles. The van der Waals surface area contributed by atoms with Gasteiger partial charge in [0.1, 0.15) is 12.3 Å². The molecule has 1 fully saturated rings. The van der Waals surface area contributed by atoms with Crippen molar-refractivity contribution in [3.63, 3.8) is 0 Å². The molecule has 0 bridgehead atoms. The van der Waals surface area contributed by atoms with Gasteiger partial charge in [0.2, 0.25) is 0 Å². The number of nitrogens with zero attached hydrogens (tertiary/aromatic N) is 3. The highest BCUT2D eigenvalue weighted by Crippen LogP contribution is 2.13. The lowest BCUT2D eigenvalue weighted by Gasteiger charge is -2.31. The van der Waals surface area contributed by atoms with Gasteiger partial charge < -0.3 is 24.6 Å². The molecule has 0 saturated carbocycles. The lowest BCUT2D eigenvalue weighted by molar-refractivity contribution is -0.0241. The van der Waals surface area contributed by atoms with Crippen LogP contribution in [0.4, 0.5) is 0 Å². The first-order chi connectivity index (χ1) is 10.3. The molecule has 8 heteroatoms. The van der Waals surface area contributed by atoms with Crippen LogP contribution >= 0.6 is 24.0 Å². The maximum atomic E-state index is 6.02. The van der Waals surface area contributed by atoms with Crippen molar-refractivity contribution in [3.8, 4) is 0 Å². The quantitative estimate of drug-likeness (QED) is 0.441. The third-order valence-corrected chi connectivity index (χ3v) is 3.22. The zero-order chi connectivity index (χ0) is 16.2. The van der Waals surface area contributed by atoms with Crippen LogP contribution in [0.2, 0.25) is 0 Å². The normalized spacial score (nSPS) is 19.6. The van der Waals surface area contributed by atoms with Crippen LogP contribution in [0.15, 0.2) is 15.6 Å². The van der Waals surface area contributed by atoms with Crippen molar-refractivity contribution >= 4 is 29.9 Å². The second-order valence-electron chi connectivity index (χ2n) is 6.49. The SMILES string of the molecule is CC1CN(C(N)=NCc2cc(COC(C)(C)C)on2)CCO1.I. The van der Waals surface area contributed by atoms with Crippen molar-refractivity contribution in [1.82, 2.24) is 10.1 Å². The van der Waals surface area contributed by atoms with E-state index in [1.54, 1.807) is 0 Å². The van der Waals surface area contributed by atoms with Crippen LogP contribution in [-0.4, -0.2) is 47.4 Å². The maximum Gasteiger partial charge on any atom is 0.191 e. The Hall–Kier alpha value is -0.870. The molecule has 0 aromatic carbocycles. The molecule has 0 radical (unpaired) electrons. The molecule has 1 aliphatic rings. The van der Waals surface area contributed by atoms with E-state index in [0.717, 1.165) is 18.8 Å². The molecule has 2 rings (SSSR count). The first-order valence-electron chi connectivity index (χ1n) is 7.58. The minimum atomic E-state index is -0.206. The minimum absolute atomic E-state index is 0. The number of morpholine rings is 1. The van der Waals surface area contributed by atoms with Crippen LogP contribution < -0.4 is 5.73 Å². The zero-order valence-electron chi connectivity index (χ0n) is 14.2. The Kier molecular flexibility index (Phi) is 7.75. The van der Waals surface area contributed by atoms with Crippen molar-refractivity contribution in [2.24, 2.45) is 10.7 Å². The summed E-state index contributed by atoms with van der Waals surface area (Å²) < 4.78 is 16.4. The summed E-state index contributed by atoms with van der Waals surface area (Å²) in [7, 11) is 0. The Bertz CT molecular complexity index is 513. The van der Waals surface area contributed by atoms with E-state index in [4.69, 9.17) is 19.7 Å². The number of hydrogen-bond donors (Lipinski definition) is 1. The standard InChI is InChI=1S/C15H26N4O3.HI/c1-11-9-19(5-6-20-11)14(16)17-8-12-7-13(22-18-12)10-21-15(2,3)4;/h7,11H,5-6,8-10H2,1-4H3,(H2,16,17);1H. The molecule has 2 N–H and O–H groups in total. The van der Waals surface area contributed by atoms with Crippen LogP contribution in [0.25, 0.3) is 0 Å². The van der Waals surface area contributed by atoms with Crippen LogP contribution in [0.1, 0.15) is 39.1 Å². The van der Waals surface area contributed by atoms with Crippen molar-refractivity contribution in [2.75, 3.05) is 19.7 Å². The molecule has 1 unspecified atom stereocenters. The highest BCUT2D eigenvalue weighted by Gasteiger charge is 2.18. The molecule has 23 heavy (non-hydrogen) atoms. The molecule has 7 nitrogen and oxygen atoms in total. The number of guanidine groups is 1. The number of halogens is 1. The lowest BCUT2D eigenvalue weighted by atomic mass is 10.2. The molecule has 2 heterocycles. The summed E-state index contributed by atoms with van der Waals surface area (Å²) >= 11 is 0. The molecule has 1 aromatic rings. The van der Waals surface area contributed by atoms with Gasteiger partial charge in [-0.2, -0.15) is 0 Å². The number of rotatable bonds is 4. The summed E-state index contributed by atoms with van der Waals surface area (Å²) in [6, 6.07) is 1.85. The van der Waals surface area contributed by atoms with E-state index in [1.165, 1.54) is 0 Å². The first-order valence-corrected chi connectivity index (χ1v) is 7.58. The minimum Gasteiger partial charge on any atom is -0.375 e. The Morgan fingerprint density at radius 3 is 2.91 bits per heavy atom. The van der Waals surface area contributed by atoms with Crippen molar-refractivity contribution in [3.05, 3.63) is 17.5 Å². The summed E-state index contributed by atoms with van der Waals surface area (Å²) in [6.07, 6.45) is 0.177. The summed E-state index contributed by atoms with van der Waals surface area (Å²) in [5, 5.41) is 3.99. The number of hydrogen-bond acceptors (Lipinski definition) is 5. The van der Waals surface area contributed by atoms with E-state index in [0.29, 0.717) is 31.5 Å². The van der Waals surface area contributed by atoms with Gasteiger partial charge in [-0.25, -0.2) is 4.99 Å². The second-order valence-corrected chi connectivity index (χ2v) is 6.49. The predicted octanol–water partition coefficient (Wildman–Crippen LogP) is 2.14. The monoisotopic (exact) mass is 438 g/mol. The van der Waals surface area contributed by atoms with Crippen LogP contribution in [0.3, 0.4) is 0 Å². The zero-order valence-corrected chi connectivity index (χ0v) is 16.6. The molecule has 1 saturated heterocycles. The number of aromatic nitrogens is 1. The van der Waals surface area contributed by atoms with Crippen LogP contribution in [0.5, 0.6) is 0 Å². The Morgan fingerprint density at radius 2 is 2.26 bits per heavy atom. The average Bonchev–Trinajstić information content (AvgIpc) is 2.90. The Labute approximate surface area is 154 Å². The van der Waals surface area contributed by atoms with Gasteiger partial charge in [-0.1, -0.05) is 5.16 Å². The van der Waals surface area contributed by atoms with Crippen molar-refractivity contribution in [2.45, 2.75) is 52.6 Å². The van der Waals surface area contributed by atoms with Gasteiger partial charge in [-0.3, -0.25) is 0 Å². The van der Waals surface area contributed by atoms with E-state index in [2.05, 4.69) is 10.1 Å².